The number of nitrogens with one attached hydrogen (secondary N) is 1. The molecule has 1 aromatic carbocycles. The molecule has 0 radical (unpaired) electrons. The van der Waals surface area contributed by atoms with E-state index in [-0.39, 0.29) is 6.04 Å². The number of carbonyl (C=O) groups is 1. The van der Waals surface area contributed by atoms with Crippen LogP contribution in [0.4, 0.5) is 4.79 Å². The zero-order valence-corrected chi connectivity index (χ0v) is 13.0. The third-order valence-corrected chi connectivity index (χ3v) is 3.15. The molecular weight excluding hydrogens is 310 g/mol. The summed E-state index contributed by atoms with van der Waals surface area (Å²) in [5.41, 5.74) is 1.02. The lowest BCUT2D eigenvalue weighted by Gasteiger charge is -2.20. The lowest BCUT2D eigenvalue weighted by molar-refractivity contribution is 0.176. The molecule has 4 nitrogen and oxygen atoms in total. The summed E-state index contributed by atoms with van der Waals surface area (Å²) in [4.78, 5) is 10.7. The van der Waals surface area contributed by atoms with Crippen LogP contribution in [0.5, 0.6) is 5.75 Å². The average molecular weight is 330 g/mol. The quantitative estimate of drug-likeness (QED) is 0.834. The second-order valence-corrected chi connectivity index (χ2v) is 5.91. The maximum atomic E-state index is 10.7. The van der Waals surface area contributed by atoms with Gasteiger partial charge < -0.3 is 15.2 Å². The first-order valence-corrected chi connectivity index (χ1v) is 7.06. The minimum absolute atomic E-state index is 0.194. The number of carboxylic acid groups (broad SMARTS) is 1. The zero-order valence-electron chi connectivity index (χ0n) is 11.4. The Bertz CT molecular complexity index is 435. The Morgan fingerprint density at radius 2 is 2.16 bits per heavy atom. The highest BCUT2D eigenvalue weighted by atomic mass is 79.9. The fourth-order valence-corrected chi connectivity index (χ4v) is 2.35. The molecule has 0 aliphatic heterocycles. The van der Waals surface area contributed by atoms with Crippen LogP contribution in [-0.2, 0) is 0 Å². The summed E-state index contributed by atoms with van der Waals surface area (Å²) in [5, 5.41) is 11.3. The van der Waals surface area contributed by atoms with E-state index < -0.39 is 6.09 Å². The van der Waals surface area contributed by atoms with Gasteiger partial charge in [-0.05, 0) is 43.0 Å². The molecule has 0 saturated carbocycles. The molecule has 0 aromatic heterocycles. The van der Waals surface area contributed by atoms with E-state index in [2.05, 4.69) is 35.1 Å². The standard InChI is InChI=1S/C14H20BrNO3/c1-9(2)6-12(16-14(17)18)8-19-13-5-4-11(15)7-10(13)3/h4-5,7,9,12,16H,6,8H2,1-3H3,(H,17,18). The number of halogens is 1. The van der Waals surface area contributed by atoms with E-state index in [0.717, 1.165) is 22.2 Å². The highest BCUT2D eigenvalue weighted by molar-refractivity contribution is 9.10. The van der Waals surface area contributed by atoms with E-state index in [4.69, 9.17) is 9.84 Å². The van der Waals surface area contributed by atoms with Gasteiger partial charge in [-0.3, -0.25) is 0 Å². The van der Waals surface area contributed by atoms with Crippen LogP contribution in [0.1, 0.15) is 25.8 Å². The molecule has 106 valence electrons. The summed E-state index contributed by atoms with van der Waals surface area (Å²) in [6.07, 6.45) is -0.260. The molecule has 1 amide bonds. The number of ether oxygens (including phenoxy) is 1. The number of benzene rings is 1. The van der Waals surface area contributed by atoms with Gasteiger partial charge in [-0.2, -0.15) is 0 Å². The van der Waals surface area contributed by atoms with E-state index in [9.17, 15) is 4.79 Å². The van der Waals surface area contributed by atoms with E-state index in [1.54, 1.807) is 0 Å². The molecule has 2 N–H and O–H groups in total. The third kappa shape index (κ3) is 5.96. The van der Waals surface area contributed by atoms with Gasteiger partial charge in [-0.15, -0.1) is 0 Å². The van der Waals surface area contributed by atoms with Gasteiger partial charge in [0.25, 0.3) is 0 Å². The van der Waals surface area contributed by atoms with Crippen LogP contribution in [0.3, 0.4) is 0 Å². The van der Waals surface area contributed by atoms with Crippen LogP contribution in [-0.4, -0.2) is 23.8 Å². The Hall–Kier alpha value is -1.23. The normalized spacial score (nSPS) is 12.3. The smallest absolute Gasteiger partial charge is 0.404 e. The predicted molar refractivity (Wildman–Crippen MR) is 78.8 cm³/mol. The highest BCUT2D eigenvalue weighted by Crippen LogP contribution is 2.22. The molecule has 0 saturated heterocycles. The van der Waals surface area contributed by atoms with Gasteiger partial charge in [0.05, 0.1) is 6.04 Å². The van der Waals surface area contributed by atoms with Crippen molar-refractivity contribution >= 4 is 22.0 Å². The zero-order chi connectivity index (χ0) is 14.4. The lowest BCUT2D eigenvalue weighted by atomic mass is 10.0. The van der Waals surface area contributed by atoms with Crippen molar-refractivity contribution in [2.45, 2.75) is 33.2 Å². The monoisotopic (exact) mass is 329 g/mol. The molecule has 0 aliphatic carbocycles. The molecule has 1 atom stereocenters. The van der Waals surface area contributed by atoms with E-state index in [0.29, 0.717) is 12.5 Å². The molecule has 19 heavy (non-hydrogen) atoms. The molecule has 1 rings (SSSR count). The van der Waals surface area contributed by atoms with Crippen molar-refractivity contribution in [1.29, 1.82) is 0 Å². The Kier molecular flexibility index (Phi) is 6.15. The summed E-state index contributed by atoms with van der Waals surface area (Å²) in [6.45, 7) is 6.41. The van der Waals surface area contributed by atoms with Gasteiger partial charge >= 0.3 is 6.09 Å². The van der Waals surface area contributed by atoms with Crippen molar-refractivity contribution in [3.8, 4) is 5.75 Å². The van der Waals surface area contributed by atoms with Gasteiger partial charge in [-0.25, -0.2) is 4.79 Å². The molecular formula is C14H20BrNO3. The van der Waals surface area contributed by atoms with Crippen molar-refractivity contribution < 1.29 is 14.6 Å². The maximum absolute atomic E-state index is 10.7. The number of rotatable bonds is 6. The lowest BCUT2D eigenvalue weighted by Crippen LogP contribution is -2.39. The molecule has 0 heterocycles. The first-order valence-electron chi connectivity index (χ1n) is 6.27. The molecule has 0 spiro atoms. The van der Waals surface area contributed by atoms with Gasteiger partial charge in [0.15, 0.2) is 0 Å². The van der Waals surface area contributed by atoms with Crippen LogP contribution >= 0.6 is 15.9 Å². The van der Waals surface area contributed by atoms with Gasteiger partial charge in [0.1, 0.15) is 12.4 Å². The summed E-state index contributed by atoms with van der Waals surface area (Å²) >= 11 is 3.40. The molecule has 0 bridgehead atoms. The topological polar surface area (TPSA) is 58.6 Å². The van der Waals surface area contributed by atoms with Crippen molar-refractivity contribution in [2.75, 3.05) is 6.61 Å². The summed E-state index contributed by atoms with van der Waals surface area (Å²) < 4.78 is 6.71. The molecule has 1 aromatic rings. The third-order valence-electron chi connectivity index (χ3n) is 2.66. The van der Waals surface area contributed by atoms with Gasteiger partial charge in [0.2, 0.25) is 0 Å². The minimum Gasteiger partial charge on any atom is -0.491 e. The van der Waals surface area contributed by atoms with E-state index >= 15 is 0 Å². The second-order valence-electron chi connectivity index (χ2n) is 5.00. The SMILES string of the molecule is Cc1cc(Br)ccc1OCC(CC(C)C)NC(=O)O. The number of hydrogen-bond acceptors (Lipinski definition) is 2. The summed E-state index contributed by atoms with van der Waals surface area (Å²) in [6, 6.07) is 5.56. The van der Waals surface area contributed by atoms with Crippen molar-refractivity contribution in [2.24, 2.45) is 5.92 Å². The Morgan fingerprint density at radius 1 is 1.47 bits per heavy atom. The maximum Gasteiger partial charge on any atom is 0.404 e. The summed E-state index contributed by atoms with van der Waals surface area (Å²) in [7, 11) is 0. The van der Waals surface area contributed by atoms with E-state index in [1.165, 1.54) is 0 Å². The predicted octanol–water partition coefficient (Wildman–Crippen LogP) is 3.82. The van der Waals surface area contributed by atoms with Crippen molar-refractivity contribution in [3.63, 3.8) is 0 Å². The van der Waals surface area contributed by atoms with Crippen LogP contribution in [0, 0.1) is 12.8 Å². The first-order chi connectivity index (χ1) is 8.88. The fourth-order valence-electron chi connectivity index (χ4n) is 1.88. The Balaban J connectivity index is 2.61. The Labute approximate surface area is 122 Å². The number of amides is 1. The fraction of sp³-hybridized carbons (Fsp3) is 0.500. The second kappa shape index (κ2) is 7.38. The highest BCUT2D eigenvalue weighted by Gasteiger charge is 2.14. The molecule has 0 aliphatic rings. The molecule has 5 heteroatoms. The van der Waals surface area contributed by atoms with Crippen LogP contribution in [0.2, 0.25) is 0 Å². The number of aryl methyl sites for hydroxylation is 1. The van der Waals surface area contributed by atoms with Crippen molar-refractivity contribution in [3.05, 3.63) is 28.2 Å². The summed E-state index contributed by atoms with van der Waals surface area (Å²) in [5.74, 6) is 1.19. The van der Waals surface area contributed by atoms with Crippen LogP contribution in [0.15, 0.2) is 22.7 Å². The average Bonchev–Trinajstić information content (AvgIpc) is 2.25. The molecule has 1 unspecified atom stereocenters. The van der Waals surface area contributed by atoms with Crippen LogP contribution in [0.25, 0.3) is 0 Å². The Morgan fingerprint density at radius 3 is 2.68 bits per heavy atom. The van der Waals surface area contributed by atoms with Crippen molar-refractivity contribution in [1.82, 2.24) is 5.32 Å². The largest absolute Gasteiger partial charge is 0.491 e. The minimum atomic E-state index is -1.01. The van der Waals surface area contributed by atoms with Gasteiger partial charge in [-0.1, -0.05) is 29.8 Å². The van der Waals surface area contributed by atoms with Gasteiger partial charge in [0, 0.05) is 4.47 Å². The van der Waals surface area contributed by atoms with E-state index in [1.807, 2.05) is 25.1 Å². The molecule has 0 fully saturated rings. The first kappa shape index (κ1) is 15.8. The number of hydrogen-bond donors (Lipinski definition) is 2. The van der Waals surface area contributed by atoms with Crippen LogP contribution < -0.4 is 10.1 Å².